The van der Waals surface area contributed by atoms with E-state index in [-0.39, 0.29) is 38.7 Å². The number of thiophene rings is 1. The highest BCUT2D eigenvalue weighted by atomic mass is 32.1. The van der Waals surface area contributed by atoms with Gasteiger partial charge in [-0.3, -0.25) is 0 Å². The fourth-order valence-electron chi connectivity index (χ4n) is 2.97. The molecule has 0 bridgehead atoms. The Morgan fingerprint density at radius 3 is 2.73 bits per heavy atom. The third-order valence-electron chi connectivity index (χ3n) is 3.97. The summed E-state index contributed by atoms with van der Waals surface area (Å²) in [5.41, 5.74) is 5.13. The first-order valence-electron chi connectivity index (χ1n) is 6.74. The molecule has 1 aliphatic carbocycles. The molecule has 0 saturated heterocycles. The van der Waals surface area contributed by atoms with Crippen LogP contribution in [-0.2, 0) is 19.0 Å². The highest BCUT2D eigenvalue weighted by Crippen LogP contribution is 2.46. The van der Waals surface area contributed by atoms with Gasteiger partial charge in [0.05, 0.1) is 11.3 Å². The normalized spacial score (nSPS) is 18.5. The van der Waals surface area contributed by atoms with Crippen molar-refractivity contribution in [3.63, 3.8) is 0 Å². The van der Waals surface area contributed by atoms with E-state index < -0.39 is 17.7 Å². The van der Waals surface area contributed by atoms with Crippen LogP contribution in [0.3, 0.4) is 0 Å². The molecular weight excluding hydrogens is 317 g/mol. The number of rotatable bonds is 1. The number of nitrogen functional groups attached to an aromatic ring is 1. The summed E-state index contributed by atoms with van der Waals surface area (Å²) in [7, 11) is 0. The molecule has 0 fully saturated rings. The highest BCUT2D eigenvalue weighted by molar-refractivity contribution is 7.21. The molecule has 4 nitrogen and oxygen atoms in total. The molecule has 0 radical (unpaired) electrons. The molecule has 0 saturated carbocycles. The number of aromatic carboxylic acids is 1. The Bertz CT molecular complexity index is 783. The number of hydrogen-bond donors (Lipinski definition) is 2. The van der Waals surface area contributed by atoms with Crippen LogP contribution < -0.4 is 5.73 Å². The third kappa shape index (κ3) is 2.22. The van der Waals surface area contributed by atoms with E-state index in [9.17, 15) is 18.0 Å². The van der Waals surface area contributed by atoms with Gasteiger partial charge in [-0.15, -0.1) is 11.3 Å². The number of halogens is 3. The molecule has 22 heavy (non-hydrogen) atoms. The summed E-state index contributed by atoms with van der Waals surface area (Å²) in [6.45, 7) is 1.90. The second kappa shape index (κ2) is 4.84. The lowest BCUT2D eigenvalue weighted by molar-refractivity contribution is -0.137. The number of carboxylic acid groups (broad SMARTS) is 1. The van der Waals surface area contributed by atoms with E-state index in [1.54, 1.807) is 0 Å². The lowest BCUT2D eigenvalue weighted by atomic mass is 9.84. The number of aryl methyl sites for hydroxylation is 1. The van der Waals surface area contributed by atoms with Crippen molar-refractivity contribution in [1.29, 1.82) is 0 Å². The van der Waals surface area contributed by atoms with Crippen LogP contribution in [0.4, 0.5) is 18.9 Å². The number of pyridine rings is 1. The summed E-state index contributed by atoms with van der Waals surface area (Å²) in [5.74, 6) is -1.20. The van der Waals surface area contributed by atoms with Crippen molar-refractivity contribution in [3.8, 4) is 0 Å². The quantitative estimate of drug-likeness (QED) is 0.835. The topological polar surface area (TPSA) is 76.2 Å². The molecule has 118 valence electrons. The molecule has 0 spiro atoms. The van der Waals surface area contributed by atoms with Crippen LogP contribution in [0.5, 0.6) is 0 Å². The molecule has 0 aliphatic heterocycles. The minimum absolute atomic E-state index is 0.0514. The smallest absolute Gasteiger partial charge is 0.417 e. The maximum absolute atomic E-state index is 13.6. The molecule has 3 rings (SSSR count). The van der Waals surface area contributed by atoms with Gasteiger partial charge < -0.3 is 10.8 Å². The molecule has 1 atom stereocenters. The van der Waals surface area contributed by atoms with Gasteiger partial charge in [-0.05, 0) is 30.7 Å². The van der Waals surface area contributed by atoms with Gasteiger partial charge in [-0.25, -0.2) is 9.78 Å². The number of fused-ring (bicyclic) bond motifs is 2. The maximum atomic E-state index is 13.6. The fourth-order valence-corrected chi connectivity index (χ4v) is 3.93. The van der Waals surface area contributed by atoms with Crippen LogP contribution in [0.1, 0.15) is 39.8 Å². The van der Waals surface area contributed by atoms with E-state index in [2.05, 4.69) is 4.98 Å². The Hall–Kier alpha value is -1.83. The van der Waals surface area contributed by atoms with Crippen LogP contribution in [0, 0.1) is 5.92 Å². The lowest BCUT2D eigenvalue weighted by Gasteiger charge is -2.25. The zero-order valence-corrected chi connectivity index (χ0v) is 12.4. The molecule has 2 aromatic rings. The Labute approximate surface area is 127 Å². The maximum Gasteiger partial charge on any atom is 0.417 e. The van der Waals surface area contributed by atoms with Gasteiger partial charge in [-0.1, -0.05) is 6.92 Å². The number of alkyl halides is 3. The number of nitrogens with two attached hydrogens (primary N) is 1. The molecule has 0 amide bonds. The summed E-state index contributed by atoms with van der Waals surface area (Å²) < 4.78 is 40.8. The zero-order chi connectivity index (χ0) is 16.2. The van der Waals surface area contributed by atoms with Crippen LogP contribution in [0.15, 0.2) is 0 Å². The van der Waals surface area contributed by atoms with Crippen LogP contribution in [-0.4, -0.2) is 16.1 Å². The average molecular weight is 330 g/mol. The summed E-state index contributed by atoms with van der Waals surface area (Å²) in [6, 6.07) is 0. The second-order valence-corrected chi connectivity index (χ2v) is 6.59. The van der Waals surface area contributed by atoms with Crippen molar-refractivity contribution < 1.29 is 23.1 Å². The Balaban J connectivity index is 2.42. The first-order chi connectivity index (χ1) is 10.2. The van der Waals surface area contributed by atoms with Gasteiger partial charge in [0.15, 0.2) is 0 Å². The number of nitrogens with zero attached hydrogens (tertiary/aromatic N) is 1. The number of carbonyl (C=O) groups is 1. The van der Waals surface area contributed by atoms with Crippen LogP contribution in [0.25, 0.3) is 10.2 Å². The van der Waals surface area contributed by atoms with Gasteiger partial charge >= 0.3 is 12.1 Å². The lowest BCUT2D eigenvalue weighted by Crippen LogP contribution is -2.20. The standard InChI is InChI=1S/C14H13F3N2O2S/c1-5-2-3-7-6(4-5)9(14(15,16)17)8-10(18)11(13(20)21)22-12(8)19-7/h5H,2-4,18H2,1H3,(H,20,21). The minimum atomic E-state index is -4.59. The average Bonchev–Trinajstić information content (AvgIpc) is 2.72. The SMILES string of the molecule is CC1CCc2nc3sc(C(=O)O)c(N)c3c(C(F)(F)F)c2C1. The first kappa shape index (κ1) is 15.1. The van der Waals surface area contributed by atoms with Gasteiger partial charge in [-0.2, -0.15) is 13.2 Å². The number of anilines is 1. The molecule has 1 aliphatic rings. The summed E-state index contributed by atoms with van der Waals surface area (Å²) in [4.78, 5) is 15.2. The van der Waals surface area contributed by atoms with E-state index in [0.29, 0.717) is 23.5 Å². The van der Waals surface area contributed by atoms with Crippen molar-refractivity contribution in [3.05, 3.63) is 21.7 Å². The predicted octanol–water partition coefficient (Wildman–Crippen LogP) is 3.72. The largest absolute Gasteiger partial charge is 0.477 e. The van der Waals surface area contributed by atoms with E-state index in [1.807, 2.05) is 6.92 Å². The van der Waals surface area contributed by atoms with Crippen molar-refractivity contribution in [2.45, 2.75) is 32.4 Å². The van der Waals surface area contributed by atoms with Crippen LogP contribution >= 0.6 is 11.3 Å². The predicted molar refractivity (Wildman–Crippen MR) is 77.2 cm³/mol. The van der Waals surface area contributed by atoms with E-state index in [1.165, 1.54) is 0 Å². The number of carboxylic acids is 1. The molecule has 2 heterocycles. The Kier molecular flexibility index (Phi) is 3.32. The van der Waals surface area contributed by atoms with Crippen LogP contribution in [0.2, 0.25) is 0 Å². The van der Waals surface area contributed by atoms with Crippen molar-refractivity contribution in [1.82, 2.24) is 4.98 Å². The van der Waals surface area contributed by atoms with Gasteiger partial charge in [0.25, 0.3) is 0 Å². The third-order valence-corrected chi connectivity index (χ3v) is 5.05. The Morgan fingerprint density at radius 1 is 1.45 bits per heavy atom. The summed E-state index contributed by atoms with van der Waals surface area (Å²) in [6.07, 6.45) is -3.07. The van der Waals surface area contributed by atoms with E-state index >= 15 is 0 Å². The van der Waals surface area contributed by atoms with Gasteiger partial charge in [0.2, 0.25) is 0 Å². The Morgan fingerprint density at radius 2 is 2.14 bits per heavy atom. The van der Waals surface area contributed by atoms with Gasteiger partial charge in [0, 0.05) is 11.1 Å². The fraction of sp³-hybridized carbons (Fsp3) is 0.429. The summed E-state index contributed by atoms with van der Waals surface area (Å²) in [5, 5.41) is 8.83. The van der Waals surface area contributed by atoms with E-state index in [0.717, 1.165) is 6.42 Å². The van der Waals surface area contributed by atoms with E-state index in [4.69, 9.17) is 10.8 Å². The van der Waals surface area contributed by atoms with Crippen molar-refractivity contribution in [2.24, 2.45) is 5.92 Å². The molecule has 3 N–H and O–H groups in total. The molecule has 0 aromatic carbocycles. The highest BCUT2D eigenvalue weighted by Gasteiger charge is 2.40. The number of aromatic nitrogens is 1. The van der Waals surface area contributed by atoms with Crippen molar-refractivity contribution in [2.75, 3.05) is 5.73 Å². The second-order valence-electron chi connectivity index (χ2n) is 5.59. The van der Waals surface area contributed by atoms with Crippen molar-refractivity contribution >= 4 is 33.2 Å². The summed E-state index contributed by atoms with van der Waals surface area (Å²) >= 11 is 0.700. The molecular formula is C14H13F3N2O2S. The molecule has 2 aromatic heterocycles. The molecule has 8 heteroatoms. The zero-order valence-electron chi connectivity index (χ0n) is 11.6. The molecule has 1 unspecified atom stereocenters. The van der Waals surface area contributed by atoms with Gasteiger partial charge in [0.1, 0.15) is 9.71 Å². The monoisotopic (exact) mass is 330 g/mol. The minimum Gasteiger partial charge on any atom is -0.477 e. The first-order valence-corrected chi connectivity index (χ1v) is 7.56. The number of hydrogen-bond acceptors (Lipinski definition) is 4.